The Morgan fingerprint density at radius 2 is 2.00 bits per heavy atom. The summed E-state index contributed by atoms with van der Waals surface area (Å²) < 4.78 is 23.4. The number of likely N-dealkylation sites (N-methyl/N-ethyl adjacent to an activating group) is 1. The van der Waals surface area contributed by atoms with Crippen molar-refractivity contribution in [2.24, 2.45) is 0 Å². The average Bonchev–Trinajstić information content (AvgIpc) is 3.11. The van der Waals surface area contributed by atoms with Crippen molar-refractivity contribution in [3.8, 4) is 0 Å². The van der Waals surface area contributed by atoms with Gasteiger partial charge in [-0.15, -0.1) is 0 Å². The molecule has 0 radical (unpaired) electrons. The maximum atomic E-state index is 12.7. The van der Waals surface area contributed by atoms with E-state index >= 15 is 0 Å². The number of imide groups is 1. The monoisotopic (exact) mass is 442 g/mol. The Labute approximate surface area is 172 Å². The highest BCUT2D eigenvalue weighted by molar-refractivity contribution is 8.18. The molecule has 2 saturated heterocycles. The molecule has 0 aromatic heterocycles. The van der Waals surface area contributed by atoms with Gasteiger partial charge in [0.25, 0.3) is 11.1 Å². The molecule has 1 aromatic rings. The molecule has 2 aliphatic heterocycles. The molecule has 2 fully saturated rings. The van der Waals surface area contributed by atoms with Gasteiger partial charge >= 0.3 is 0 Å². The number of sulfone groups is 1. The highest BCUT2D eigenvalue weighted by Gasteiger charge is 2.39. The summed E-state index contributed by atoms with van der Waals surface area (Å²) in [5.74, 6) is -0.995. The minimum absolute atomic E-state index is 0.0485. The van der Waals surface area contributed by atoms with Gasteiger partial charge < -0.3 is 4.90 Å². The number of hydrogen-bond donors (Lipinski definition) is 0. The van der Waals surface area contributed by atoms with E-state index in [0.717, 1.165) is 16.7 Å². The Balaban J connectivity index is 1.71. The van der Waals surface area contributed by atoms with Crippen molar-refractivity contribution in [3.05, 3.63) is 39.8 Å². The predicted octanol–water partition coefficient (Wildman–Crippen LogP) is 2.41. The first-order valence-corrected chi connectivity index (χ1v) is 11.7. The number of thioether (sulfide) groups is 1. The first kappa shape index (κ1) is 20.9. The molecular formula is C18H19ClN2O5S2. The minimum Gasteiger partial charge on any atom is -0.337 e. The van der Waals surface area contributed by atoms with Crippen LogP contribution in [0.2, 0.25) is 5.02 Å². The van der Waals surface area contributed by atoms with Crippen LogP contribution in [0.3, 0.4) is 0 Å². The number of carbonyl (C=O) groups excluding carboxylic acids is 3. The normalized spacial score (nSPS) is 22.9. The number of rotatable bonds is 5. The second kappa shape index (κ2) is 8.26. The smallest absolute Gasteiger partial charge is 0.294 e. The van der Waals surface area contributed by atoms with Crippen molar-refractivity contribution in [1.29, 1.82) is 0 Å². The molecule has 0 saturated carbocycles. The second-order valence-electron chi connectivity index (χ2n) is 6.56. The molecule has 10 heteroatoms. The van der Waals surface area contributed by atoms with Gasteiger partial charge in [0.05, 0.1) is 16.4 Å². The summed E-state index contributed by atoms with van der Waals surface area (Å²) in [6.07, 6.45) is 1.95. The zero-order chi connectivity index (χ0) is 20.5. The predicted molar refractivity (Wildman–Crippen MR) is 109 cm³/mol. The van der Waals surface area contributed by atoms with E-state index in [1.165, 1.54) is 4.90 Å². The summed E-state index contributed by atoms with van der Waals surface area (Å²) in [6, 6.07) is 6.39. The zero-order valence-electron chi connectivity index (χ0n) is 15.1. The van der Waals surface area contributed by atoms with Gasteiger partial charge in [-0.3, -0.25) is 19.3 Å². The third kappa shape index (κ3) is 4.59. The maximum absolute atomic E-state index is 12.7. The summed E-state index contributed by atoms with van der Waals surface area (Å²) in [4.78, 5) is 40.1. The van der Waals surface area contributed by atoms with Gasteiger partial charge in [-0.05, 0) is 48.9 Å². The number of carbonyl (C=O) groups is 3. The van der Waals surface area contributed by atoms with Crippen LogP contribution in [0, 0.1) is 0 Å². The fourth-order valence-electron chi connectivity index (χ4n) is 3.23. The lowest BCUT2D eigenvalue weighted by molar-refractivity contribution is -0.137. The summed E-state index contributed by atoms with van der Waals surface area (Å²) in [7, 11) is -3.14. The van der Waals surface area contributed by atoms with E-state index in [0.29, 0.717) is 23.6 Å². The summed E-state index contributed by atoms with van der Waals surface area (Å²) in [6.45, 7) is 1.67. The van der Waals surface area contributed by atoms with Crippen molar-refractivity contribution >= 4 is 56.3 Å². The van der Waals surface area contributed by atoms with Crippen LogP contribution in [0.1, 0.15) is 18.9 Å². The SMILES string of the molecule is CCN(C(=O)CN1C(=O)S/C(=C\c2ccc(Cl)cc2)C1=O)[C@@H]1CCS(=O)(=O)C1. The number of halogens is 1. The Hall–Kier alpha value is -1.84. The van der Waals surface area contributed by atoms with Crippen LogP contribution in [0.5, 0.6) is 0 Å². The fourth-order valence-corrected chi connectivity index (χ4v) is 5.93. The Morgan fingerprint density at radius 1 is 1.32 bits per heavy atom. The van der Waals surface area contributed by atoms with Gasteiger partial charge in [-0.2, -0.15) is 0 Å². The quantitative estimate of drug-likeness (QED) is 0.650. The van der Waals surface area contributed by atoms with Gasteiger partial charge in [-0.1, -0.05) is 23.7 Å². The molecule has 3 rings (SSSR count). The van der Waals surface area contributed by atoms with Crippen molar-refractivity contribution in [1.82, 2.24) is 9.80 Å². The van der Waals surface area contributed by atoms with E-state index in [1.54, 1.807) is 37.3 Å². The van der Waals surface area contributed by atoms with Crippen LogP contribution in [-0.2, 0) is 19.4 Å². The van der Waals surface area contributed by atoms with E-state index < -0.39 is 39.5 Å². The molecule has 0 unspecified atom stereocenters. The zero-order valence-corrected chi connectivity index (χ0v) is 17.5. The van der Waals surface area contributed by atoms with E-state index in [1.807, 2.05) is 0 Å². The van der Waals surface area contributed by atoms with E-state index in [-0.39, 0.29) is 16.4 Å². The summed E-state index contributed by atoms with van der Waals surface area (Å²) >= 11 is 6.61. The van der Waals surface area contributed by atoms with Crippen molar-refractivity contribution in [2.75, 3.05) is 24.6 Å². The van der Waals surface area contributed by atoms with Crippen LogP contribution in [-0.4, -0.2) is 65.9 Å². The molecule has 0 spiro atoms. The highest BCUT2D eigenvalue weighted by atomic mass is 35.5. The molecule has 3 amide bonds. The lowest BCUT2D eigenvalue weighted by Crippen LogP contribution is -2.47. The third-order valence-corrected chi connectivity index (χ3v) is 7.55. The van der Waals surface area contributed by atoms with Gasteiger partial charge in [0.15, 0.2) is 9.84 Å². The Morgan fingerprint density at radius 3 is 2.57 bits per heavy atom. The second-order valence-corrected chi connectivity index (χ2v) is 10.2. The molecule has 150 valence electrons. The Kier molecular flexibility index (Phi) is 6.16. The standard InChI is InChI=1S/C18H19ClN2O5S2/c1-2-20(14-7-8-28(25,26)11-14)16(22)10-21-17(23)15(27-18(21)24)9-12-3-5-13(19)6-4-12/h3-6,9,14H,2,7-8,10-11H2,1H3/b15-9-/t14-/m1/s1. The largest absolute Gasteiger partial charge is 0.337 e. The van der Waals surface area contributed by atoms with E-state index in [2.05, 4.69) is 0 Å². The Bertz CT molecular complexity index is 943. The summed E-state index contributed by atoms with van der Waals surface area (Å²) in [5.41, 5.74) is 0.715. The number of amides is 3. The molecule has 0 aliphatic carbocycles. The van der Waals surface area contributed by atoms with Crippen LogP contribution in [0.15, 0.2) is 29.2 Å². The third-order valence-electron chi connectivity index (χ3n) is 4.64. The van der Waals surface area contributed by atoms with Gasteiger partial charge in [0, 0.05) is 17.6 Å². The molecule has 28 heavy (non-hydrogen) atoms. The maximum Gasteiger partial charge on any atom is 0.294 e. The molecule has 1 aromatic carbocycles. The minimum atomic E-state index is -3.14. The topological polar surface area (TPSA) is 91.8 Å². The molecule has 2 heterocycles. The number of benzene rings is 1. The van der Waals surface area contributed by atoms with Gasteiger partial charge in [0.2, 0.25) is 5.91 Å². The molecule has 1 atom stereocenters. The molecule has 0 N–H and O–H groups in total. The van der Waals surface area contributed by atoms with Crippen LogP contribution in [0.25, 0.3) is 6.08 Å². The highest BCUT2D eigenvalue weighted by Crippen LogP contribution is 2.32. The van der Waals surface area contributed by atoms with Gasteiger partial charge in [0.1, 0.15) is 6.54 Å². The fraction of sp³-hybridized carbons (Fsp3) is 0.389. The first-order valence-electron chi connectivity index (χ1n) is 8.71. The van der Waals surface area contributed by atoms with Crippen LogP contribution >= 0.6 is 23.4 Å². The number of nitrogens with zero attached hydrogens (tertiary/aromatic N) is 2. The van der Waals surface area contributed by atoms with Gasteiger partial charge in [-0.25, -0.2) is 8.42 Å². The molecule has 0 bridgehead atoms. The molecule has 2 aliphatic rings. The molecule has 7 nitrogen and oxygen atoms in total. The number of hydrogen-bond acceptors (Lipinski definition) is 6. The van der Waals surface area contributed by atoms with Crippen LogP contribution in [0.4, 0.5) is 4.79 Å². The first-order chi connectivity index (χ1) is 13.2. The van der Waals surface area contributed by atoms with Crippen molar-refractivity contribution in [2.45, 2.75) is 19.4 Å². The van der Waals surface area contributed by atoms with E-state index in [9.17, 15) is 22.8 Å². The van der Waals surface area contributed by atoms with Crippen LogP contribution < -0.4 is 0 Å². The average molecular weight is 443 g/mol. The molecular weight excluding hydrogens is 424 g/mol. The lowest BCUT2D eigenvalue weighted by Gasteiger charge is -2.28. The lowest BCUT2D eigenvalue weighted by atomic mass is 10.2. The van der Waals surface area contributed by atoms with Crippen molar-refractivity contribution in [3.63, 3.8) is 0 Å². The van der Waals surface area contributed by atoms with E-state index in [4.69, 9.17) is 11.6 Å². The van der Waals surface area contributed by atoms with Crippen molar-refractivity contribution < 1.29 is 22.8 Å². The summed E-state index contributed by atoms with van der Waals surface area (Å²) in [5, 5.41) is 0.0399.